The van der Waals surface area contributed by atoms with Gasteiger partial charge in [-0.2, -0.15) is 0 Å². The van der Waals surface area contributed by atoms with E-state index in [1.165, 1.54) is 5.56 Å². The van der Waals surface area contributed by atoms with Gasteiger partial charge in [0, 0.05) is 0 Å². The molecule has 26 heavy (non-hydrogen) atoms. The van der Waals surface area contributed by atoms with Crippen molar-refractivity contribution in [3.63, 3.8) is 0 Å². The minimum atomic E-state index is -0.977. The van der Waals surface area contributed by atoms with Gasteiger partial charge in [-0.25, -0.2) is 4.79 Å². The molecule has 0 spiro atoms. The first-order valence-corrected chi connectivity index (χ1v) is 9.12. The van der Waals surface area contributed by atoms with E-state index in [1.807, 2.05) is 12.1 Å². The lowest BCUT2D eigenvalue weighted by molar-refractivity contribution is 0.175. The Hall–Kier alpha value is -2.49. The van der Waals surface area contributed by atoms with Crippen LogP contribution in [0.5, 0.6) is 5.75 Å². The average molecular weight is 353 g/mol. The van der Waals surface area contributed by atoms with Crippen molar-refractivity contribution in [1.82, 2.24) is 5.32 Å². The summed E-state index contributed by atoms with van der Waals surface area (Å²) < 4.78 is 5.84. The first-order valence-electron chi connectivity index (χ1n) is 9.12. The van der Waals surface area contributed by atoms with Crippen LogP contribution in [-0.2, 0) is 6.42 Å². The largest absolute Gasteiger partial charge is 0.493 e. The van der Waals surface area contributed by atoms with Crippen LogP contribution in [0.25, 0.3) is 11.1 Å². The molecule has 0 aliphatic heterocycles. The molecule has 2 aromatic rings. The van der Waals surface area contributed by atoms with E-state index >= 15 is 0 Å². The molecule has 1 unspecified atom stereocenters. The van der Waals surface area contributed by atoms with Crippen LogP contribution in [0.4, 0.5) is 4.79 Å². The van der Waals surface area contributed by atoms with Crippen molar-refractivity contribution >= 4 is 6.09 Å². The van der Waals surface area contributed by atoms with Gasteiger partial charge >= 0.3 is 6.09 Å². The summed E-state index contributed by atoms with van der Waals surface area (Å²) >= 11 is 0. The zero-order chi connectivity index (χ0) is 18.9. The number of carboxylic acid groups (broad SMARTS) is 1. The molecular formula is C22H27NO3. The molecule has 0 saturated carbocycles. The predicted molar refractivity (Wildman–Crippen MR) is 104 cm³/mol. The summed E-state index contributed by atoms with van der Waals surface area (Å²) in [4.78, 5) is 11.2. The second kappa shape index (κ2) is 7.02. The lowest BCUT2D eigenvalue weighted by Gasteiger charge is -2.27. The molecule has 3 rings (SSSR count). The third-order valence-corrected chi connectivity index (χ3v) is 4.90. The number of rotatable bonds is 5. The van der Waals surface area contributed by atoms with Crippen LogP contribution >= 0.6 is 0 Å². The maximum Gasteiger partial charge on any atom is 0.405 e. The Bertz CT molecular complexity index is 811. The molecule has 0 radical (unpaired) electrons. The molecule has 0 bridgehead atoms. The maximum absolute atomic E-state index is 11.2. The second-order valence-corrected chi connectivity index (χ2v) is 8.19. The van der Waals surface area contributed by atoms with Crippen LogP contribution in [0.1, 0.15) is 44.9 Å². The van der Waals surface area contributed by atoms with E-state index in [-0.39, 0.29) is 11.5 Å². The van der Waals surface area contributed by atoms with Crippen molar-refractivity contribution in [3.8, 4) is 16.9 Å². The van der Waals surface area contributed by atoms with Crippen LogP contribution in [0.2, 0.25) is 0 Å². The molecule has 1 atom stereocenters. The summed E-state index contributed by atoms with van der Waals surface area (Å²) in [5.41, 5.74) is 4.39. The number of carbonyl (C=O) groups is 1. The molecular weight excluding hydrogens is 326 g/mol. The average Bonchev–Trinajstić information content (AvgIpc) is 2.82. The number of fused-ring (bicyclic) bond motifs is 1. The Morgan fingerprint density at radius 1 is 1.23 bits per heavy atom. The lowest BCUT2D eigenvalue weighted by atomic mass is 9.85. The zero-order valence-electron chi connectivity index (χ0n) is 15.9. The summed E-state index contributed by atoms with van der Waals surface area (Å²) in [6, 6.07) is 14.3. The number of ether oxygens (including phenoxy) is 1. The van der Waals surface area contributed by atoms with Gasteiger partial charge in [-0.3, -0.25) is 0 Å². The van der Waals surface area contributed by atoms with Crippen LogP contribution in [0, 0.1) is 11.3 Å². The molecule has 0 aromatic heterocycles. The normalized spacial score (nSPS) is 17.8. The van der Waals surface area contributed by atoms with Crippen LogP contribution in [0.3, 0.4) is 0 Å². The van der Waals surface area contributed by atoms with Crippen molar-refractivity contribution in [3.05, 3.63) is 53.6 Å². The lowest BCUT2D eigenvalue weighted by Crippen LogP contribution is -2.34. The first-order chi connectivity index (χ1) is 12.3. The maximum atomic E-state index is 11.2. The van der Waals surface area contributed by atoms with Gasteiger partial charge in [0.05, 0.1) is 12.6 Å². The van der Waals surface area contributed by atoms with E-state index in [1.54, 1.807) is 0 Å². The molecule has 138 valence electrons. The van der Waals surface area contributed by atoms with Crippen LogP contribution in [0.15, 0.2) is 42.5 Å². The number of amides is 1. The van der Waals surface area contributed by atoms with Gasteiger partial charge in [0.1, 0.15) is 5.75 Å². The predicted octanol–water partition coefficient (Wildman–Crippen LogP) is 5.28. The number of hydrogen-bond donors (Lipinski definition) is 2. The molecule has 4 nitrogen and oxygen atoms in total. The Balaban J connectivity index is 1.89. The van der Waals surface area contributed by atoms with Crippen molar-refractivity contribution in [2.45, 2.75) is 40.2 Å². The molecule has 4 heteroatoms. The number of nitrogens with one attached hydrogen (secondary N) is 1. The first kappa shape index (κ1) is 18.3. The van der Waals surface area contributed by atoms with Gasteiger partial charge in [0.15, 0.2) is 0 Å². The van der Waals surface area contributed by atoms with Gasteiger partial charge in [-0.1, -0.05) is 58.0 Å². The Kier molecular flexibility index (Phi) is 4.94. The molecule has 2 N–H and O–H groups in total. The summed E-state index contributed by atoms with van der Waals surface area (Å²) in [5, 5.41) is 11.8. The van der Waals surface area contributed by atoms with Gasteiger partial charge in [-0.05, 0) is 52.1 Å². The van der Waals surface area contributed by atoms with Crippen LogP contribution in [-0.4, -0.2) is 17.8 Å². The summed E-state index contributed by atoms with van der Waals surface area (Å²) in [6.07, 6.45) is -0.125. The minimum Gasteiger partial charge on any atom is -0.493 e. The zero-order valence-corrected chi connectivity index (χ0v) is 15.9. The molecule has 0 heterocycles. The minimum absolute atomic E-state index is 0.137. The van der Waals surface area contributed by atoms with E-state index in [4.69, 9.17) is 9.84 Å². The third-order valence-electron chi connectivity index (χ3n) is 4.90. The Morgan fingerprint density at radius 2 is 1.96 bits per heavy atom. The van der Waals surface area contributed by atoms with Gasteiger partial charge in [-0.15, -0.1) is 0 Å². The van der Waals surface area contributed by atoms with E-state index < -0.39 is 6.09 Å². The summed E-state index contributed by atoms with van der Waals surface area (Å²) in [5.74, 6) is 1.36. The van der Waals surface area contributed by atoms with Gasteiger partial charge < -0.3 is 15.2 Å². The monoisotopic (exact) mass is 353 g/mol. The second-order valence-electron chi connectivity index (χ2n) is 8.19. The van der Waals surface area contributed by atoms with Gasteiger partial charge in [0.2, 0.25) is 0 Å². The molecule has 1 aliphatic carbocycles. The Morgan fingerprint density at radius 3 is 2.65 bits per heavy atom. The summed E-state index contributed by atoms with van der Waals surface area (Å²) in [7, 11) is 0. The fraction of sp³-hybridized carbons (Fsp3) is 0.409. The molecule has 2 aromatic carbocycles. The third kappa shape index (κ3) is 3.85. The highest BCUT2D eigenvalue weighted by atomic mass is 16.5. The number of benzene rings is 2. The summed E-state index contributed by atoms with van der Waals surface area (Å²) in [6.45, 7) is 9.17. The van der Waals surface area contributed by atoms with Crippen molar-refractivity contribution < 1.29 is 14.6 Å². The smallest absolute Gasteiger partial charge is 0.405 e. The molecule has 1 amide bonds. The van der Waals surface area contributed by atoms with E-state index in [2.05, 4.69) is 63.3 Å². The highest BCUT2D eigenvalue weighted by molar-refractivity contribution is 5.69. The van der Waals surface area contributed by atoms with E-state index in [0.717, 1.165) is 28.9 Å². The van der Waals surface area contributed by atoms with E-state index in [0.29, 0.717) is 12.5 Å². The topological polar surface area (TPSA) is 58.6 Å². The van der Waals surface area contributed by atoms with Crippen LogP contribution < -0.4 is 10.1 Å². The van der Waals surface area contributed by atoms with Crippen molar-refractivity contribution in [2.24, 2.45) is 11.3 Å². The SMILES string of the molecule is CC(C)COc1cccc(-c2ccc3c(c2)CC(C)(C)C3NC(=O)O)c1. The standard InChI is InChI=1S/C22H27NO3/c1-14(2)13-26-18-7-5-6-15(11-18)16-8-9-19-17(10-16)12-22(3,4)20(19)23-21(24)25/h5-11,14,20,23H,12-13H2,1-4H3,(H,24,25). The quantitative estimate of drug-likeness (QED) is 0.769. The highest BCUT2D eigenvalue weighted by Gasteiger charge is 2.39. The fourth-order valence-electron chi connectivity index (χ4n) is 3.66. The van der Waals surface area contributed by atoms with Gasteiger partial charge in [0.25, 0.3) is 0 Å². The molecule has 0 fully saturated rings. The fourth-order valence-corrected chi connectivity index (χ4v) is 3.66. The number of hydrogen-bond acceptors (Lipinski definition) is 2. The van der Waals surface area contributed by atoms with E-state index in [9.17, 15) is 4.79 Å². The van der Waals surface area contributed by atoms with Crippen molar-refractivity contribution in [2.75, 3.05) is 6.61 Å². The Labute approximate surface area is 155 Å². The molecule has 0 saturated heterocycles. The highest BCUT2D eigenvalue weighted by Crippen LogP contribution is 2.46. The molecule has 1 aliphatic rings. The van der Waals surface area contributed by atoms with Crippen molar-refractivity contribution in [1.29, 1.82) is 0 Å².